The zero-order valence-electron chi connectivity index (χ0n) is 15.4. The number of hydrogen-bond donors (Lipinski definition) is 0. The maximum absolute atomic E-state index is 12.8. The van der Waals surface area contributed by atoms with E-state index in [4.69, 9.17) is 0 Å². The van der Waals surface area contributed by atoms with Crippen LogP contribution in [-0.4, -0.2) is 36.6 Å². The number of carbonyl (C=O) groups excluding carboxylic acids is 1. The topological polar surface area (TPSA) is 86.3 Å². The van der Waals surface area contributed by atoms with Crippen LogP contribution in [0.3, 0.4) is 0 Å². The van der Waals surface area contributed by atoms with Crippen molar-refractivity contribution in [2.45, 2.75) is 64.8 Å². The third-order valence-corrected chi connectivity index (χ3v) is 4.78. The van der Waals surface area contributed by atoms with E-state index in [1.54, 1.807) is 4.90 Å². The van der Waals surface area contributed by atoms with Gasteiger partial charge in [-0.25, -0.2) is 28.1 Å². The van der Waals surface area contributed by atoms with Gasteiger partial charge in [-0.1, -0.05) is 12.2 Å². The van der Waals surface area contributed by atoms with E-state index < -0.39 is 17.1 Å². The second-order valence-corrected chi connectivity index (χ2v) is 6.66. The highest BCUT2D eigenvalue weighted by Crippen LogP contribution is 2.22. The molecule has 2 atom stereocenters. The summed E-state index contributed by atoms with van der Waals surface area (Å²) in [6.07, 6.45) is 5.62. The van der Waals surface area contributed by atoms with Crippen LogP contribution in [0.25, 0.3) is 0 Å². The van der Waals surface area contributed by atoms with Crippen LogP contribution in [-0.2, 0) is 24.4 Å². The van der Waals surface area contributed by atoms with Gasteiger partial charge in [0.2, 0.25) is 5.91 Å². The highest BCUT2D eigenvalue weighted by atomic mass is 16.2. The normalized spacial score (nSPS) is 20.0. The van der Waals surface area contributed by atoms with E-state index in [-0.39, 0.29) is 37.6 Å². The number of rotatable bonds is 6. The summed E-state index contributed by atoms with van der Waals surface area (Å²) in [4.78, 5) is 52.1. The SMILES string of the molecule is C=CCn1c(=O)n(CC=C)c(=O)n(CC(=O)N2[C@H](C)CCC[C@@H]2C)c1=O. The van der Waals surface area contributed by atoms with Gasteiger partial charge in [-0.05, 0) is 33.1 Å². The summed E-state index contributed by atoms with van der Waals surface area (Å²) in [6.45, 7) is 10.5. The van der Waals surface area contributed by atoms with E-state index in [1.165, 1.54) is 12.2 Å². The maximum Gasteiger partial charge on any atom is 0.337 e. The number of aromatic nitrogens is 3. The van der Waals surface area contributed by atoms with Gasteiger partial charge in [0.1, 0.15) is 6.54 Å². The van der Waals surface area contributed by atoms with Crippen LogP contribution in [0.4, 0.5) is 0 Å². The largest absolute Gasteiger partial charge is 0.337 e. The van der Waals surface area contributed by atoms with Crippen LogP contribution >= 0.6 is 0 Å². The van der Waals surface area contributed by atoms with E-state index in [2.05, 4.69) is 13.2 Å². The van der Waals surface area contributed by atoms with Gasteiger partial charge in [0, 0.05) is 12.1 Å². The first-order valence-corrected chi connectivity index (χ1v) is 8.80. The van der Waals surface area contributed by atoms with Gasteiger partial charge in [0.05, 0.1) is 13.1 Å². The highest BCUT2D eigenvalue weighted by Gasteiger charge is 2.30. The minimum atomic E-state index is -0.800. The van der Waals surface area contributed by atoms with Gasteiger partial charge in [0.25, 0.3) is 0 Å². The second-order valence-electron chi connectivity index (χ2n) is 6.66. The van der Waals surface area contributed by atoms with E-state index in [0.717, 1.165) is 33.0 Å². The van der Waals surface area contributed by atoms with Gasteiger partial charge in [-0.2, -0.15) is 0 Å². The Kier molecular flexibility index (Phi) is 6.18. The lowest BCUT2D eigenvalue weighted by atomic mass is 9.97. The van der Waals surface area contributed by atoms with Gasteiger partial charge >= 0.3 is 17.1 Å². The Morgan fingerprint density at radius 2 is 1.35 bits per heavy atom. The Hall–Kier alpha value is -2.64. The molecule has 142 valence electrons. The summed E-state index contributed by atoms with van der Waals surface area (Å²) in [5.74, 6) is -0.294. The van der Waals surface area contributed by atoms with E-state index >= 15 is 0 Å². The summed E-state index contributed by atoms with van der Waals surface area (Å²) in [6, 6.07) is 0.105. The molecule has 1 aliphatic heterocycles. The lowest BCUT2D eigenvalue weighted by molar-refractivity contribution is -0.138. The summed E-state index contributed by atoms with van der Waals surface area (Å²) < 4.78 is 2.62. The second kappa shape index (κ2) is 8.16. The Balaban J connectivity index is 2.51. The zero-order chi connectivity index (χ0) is 19.4. The third-order valence-electron chi connectivity index (χ3n) is 4.78. The third kappa shape index (κ3) is 3.63. The molecule has 8 nitrogen and oxygen atoms in total. The molecule has 1 aromatic rings. The molecular weight excluding hydrogens is 336 g/mol. The molecule has 0 spiro atoms. The van der Waals surface area contributed by atoms with Crippen molar-refractivity contribution in [3.8, 4) is 0 Å². The molecule has 0 radical (unpaired) electrons. The molecule has 0 saturated carbocycles. The minimum Gasteiger partial charge on any atom is -0.336 e. The highest BCUT2D eigenvalue weighted by molar-refractivity contribution is 5.76. The fourth-order valence-corrected chi connectivity index (χ4v) is 3.52. The molecule has 0 aliphatic carbocycles. The average molecular weight is 362 g/mol. The van der Waals surface area contributed by atoms with E-state index in [9.17, 15) is 19.2 Å². The Bertz CT molecular complexity index is 818. The van der Waals surface area contributed by atoms with Gasteiger partial charge < -0.3 is 4.90 Å². The smallest absolute Gasteiger partial charge is 0.336 e. The van der Waals surface area contributed by atoms with Crippen LogP contribution in [0.2, 0.25) is 0 Å². The van der Waals surface area contributed by atoms with Gasteiger partial charge in [-0.15, -0.1) is 13.2 Å². The number of likely N-dealkylation sites (tertiary alicyclic amines) is 1. The van der Waals surface area contributed by atoms with Crippen LogP contribution in [0, 0.1) is 0 Å². The molecule has 0 N–H and O–H groups in total. The van der Waals surface area contributed by atoms with E-state index in [0.29, 0.717) is 0 Å². The molecule has 1 aromatic heterocycles. The molecule has 0 aromatic carbocycles. The van der Waals surface area contributed by atoms with Gasteiger partial charge in [0.15, 0.2) is 0 Å². The van der Waals surface area contributed by atoms with Crippen LogP contribution < -0.4 is 17.1 Å². The molecule has 2 rings (SSSR count). The summed E-state index contributed by atoms with van der Waals surface area (Å²) >= 11 is 0. The quantitative estimate of drug-likeness (QED) is 0.683. The van der Waals surface area contributed by atoms with Crippen molar-refractivity contribution in [1.82, 2.24) is 18.6 Å². The Morgan fingerprint density at radius 3 is 1.77 bits per heavy atom. The molecule has 1 aliphatic rings. The molecule has 1 amide bonds. The number of nitrogens with zero attached hydrogens (tertiary/aromatic N) is 4. The Morgan fingerprint density at radius 1 is 0.923 bits per heavy atom. The number of hydrogen-bond acceptors (Lipinski definition) is 4. The van der Waals surface area contributed by atoms with Crippen molar-refractivity contribution in [1.29, 1.82) is 0 Å². The van der Waals surface area contributed by atoms with Crippen molar-refractivity contribution in [3.63, 3.8) is 0 Å². The first kappa shape index (κ1) is 19.7. The standard InChI is InChI=1S/C18H26N4O4/c1-5-10-19-16(24)20(11-6-2)18(26)21(17(19)25)12-15(23)22-13(3)8-7-9-14(22)4/h5-6,13-14H,1-2,7-12H2,3-4H3/t13-,14+. The molecular formula is C18H26N4O4. The first-order chi connectivity index (χ1) is 12.3. The molecule has 1 saturated heterocycles. The molecule has 0 bridgehead atoms. The molecule has 1 fully saturated rings. The molecule has 8 heteroatoms. The lowest BCUT2D eigenvalue weighted by Crippen LogP contribution is -2.57. The monoisotopic (exact) mass is 362 g/mol. The summed E-state index contributed by atoms with van der Waals surface area (Å²) in [5.41, 5.74) is -2.33. The number of allylic oxidation sites excluding steroid dienone is 2. The van der Waals surface area contributed by atoms with Crippen molar-refractivity contribution < 1.29 is 4.79 Å². The molecule has 26 heavy (non-hydrogen) atoms. The van der Waals surface area contributed by atoms with Crippen molar-refractivity contribution in [2.24, 2.45) is 0 Å². The molecule has 0 unspecified atom stereocenters. The zero-order valence-corrected chi connectivity index (χ0v) is 15.4. The van der Waals surface area contributed by atoms with Crippen LogP contribution in [0.15, 0.2) is 39.7 Å². The summed E-state index contributed by atoms with van der Waals surface area (Å²) in [5, 5.41) is 0. The van der Waals surface area contributed by atoms with Crippen molar-refractivity contribution >= 4 is 5.91 Å². The van der Waals surface area contributed by atoms with Crippen LogP contribution in [0.5, 0.6) is 0 Å². The maximum atomic E-state index is 12.8. The van der Waals surface area contributed by atoms with Crippen LogP contribution in [0.1, 0.15) is 33.1 Å². The number of piperidine rings is 1. The van der Waals surface area contributed by atoms with E-state index in [1.807, 2.05) is 13.8 Å². The van der Waals surface area contributed by atoms with Crippen molar-refractivity contribution in [2.75, 3.05) is 0 Å². The first-order valence-electron chi connectivity index (χ1n) is 8.80. The van der Waals surface area contributed by atoms with Gasteiger partial charge in [-0.3, -0.25) is 4.79 Å². The fourth-order valence-electron chi connectivity index (χ4n) is 3.52. The summed E-state index contributed by atoms with van der Waals surface area (Å²) in [7, 11) is 0. The average Bonchev–Trinajstić information content (AvgIpc) is 2.59. The lowest BCUT2D eigenvalue weighted by Gasteiger charge is -2.39. The minimum absolute atomic E-state index is 0.0419. The number of carbonyl (C=O) groups is 1. The van der Waals surface area contributed by atoms with Crippen molar-refractivity contribution in [3.05, 3.63) is 56.8 Å². The predicted octanol–water partition coefficient (Wildman–Crippen LogP) is 0.333. The molecule has 2 heterocycles. The Labute approximate surface area is 151 Å². The number of amides is 1. The fraction of sp³-hybridized carbons (Fsp3) is 0.556. The predicted molar refractivity (Wildman–Crippen MR) is 99.2 cm³/mol.